The molecule has 406 valence electrons. The van der Waals surface area contributed by atoms with Crippen LogP contribution < -0.4 is 25.4 Å². The first kappa shape index (κ1) is 58.4. The molecule has 5 atom stereocenters. The molecule has 1 N–H and O–H groups in total. The van der Waals surface area contributed by atoms with E-state index < -0.39 is 61.0 Å². The lowest BCUT2D eigenvalue weighted by atomic mass is 9.80. The number of alkyl halides is 2. The van der Waals surface area contributed by atoms with Crippen molar-refractivity contribution in [2.45, 2.75) is 87.8 Å². The first-order valence-corrected chi connectivity index (χ1v) is 26.9. The second-order valence-electron chi connectivity index (χ2n) is 18.3. The average molecular weight is 1110 g/mol. The molecule has 0 bridgehead atoms. The fourth-order valence-electron chi connectivity index (χ4n) is 8.88. The Morgan fingerprint density at radius 2 is 1.40 bits per heavy atom. The first-order valence-electron chi connectivity index (χ1n) is 24.9. The van der Waals surface area contributed by atoms with Gasteiger partial charge in [0.2, 0.25) is 0 Å². The first-order chi connectivity index (χ1) is 37.2. The third kappa shape index (κ3) is 14.5. The van der Waals surface area contributed by atoms with E-state index in [1.54, 1.807) is 75.9 Å². The number of hydrogen-bond acceptors (Lipinski definition) is 14. The zero-order valence-corrected chi connectivity index (χ0v) is 46.3. The summed E-state index contributed by atoms with van der Waals surface area (Å²) in [6.07, 6.45) is -2.84. The lowest BCUT2D eigenvalue weighted by Crippen LogP contribution is -2.43. The second kappa shape index (κ2) is 27.9. The standard InChI is InChI=1S/C57H63Cl2N6O11P/c1-38(2)65(39(3)4)77(74-34-14-32-60)76-50-48(36-73-57(42-17-12-9-13-18-42,43-21-27-46(69-6)28-22-43)44-23-29-47(70-7)30-24-44)75-55(64-33-31-49(62-56(64)68)61-53(66)41-15-10-8-11-16-41)51(50)72-37-71-35-40-19-25-45(26-20-40)63(5)54(67)52(58)59/h8-13,15-31,33,38-39,48,50-52,55H,14,34-37H2,1-7H3,(H,61,62,66,68)/t48-,50-,51-,55-,77?/m1/s1. The van der Waals surface area contributed by atoms with Crippen molar-refractivity contribution in [1.82, 2.24) is 14.2 Å². The molecule has 5 aromatic carbocycles. The maximum Gasteiger partial charge on any atom is 0.351 e. The number of hydrogen-bond donors (Lipinski definition) is 1. The van der Waals surface area contributed by atoms with Gasteiger partial charge in [0.1, 0.15) is 48.0 Å². The summed E-state index contributed by atoms with van der Waals surface area (Å²) in [5.74, 6) is 0.378. The number of nitrogens with zero attached hydrogens (tertiary/aromatic N) is 5. The Morgan fingerprint density at radius 3 is 1.95 bits per heavy atom. The largest absolute Gasteiger partial charge is 0.497 e. The normalized spacial score (nSPS) is 16.9. The molecule has 6 aromatic rings. The molecular formula is C57H63Cl2N6O11P. The zero-order chi connectivity index (χ0) is 55.1. The Kier molecular flexibility index (Phi) is 21.1. The van der Waals surface area contributed by atoms with Crippen molar-refractivity contribution in [3.63, 3.8) is 0 Å². The molecule has 1 aliphatic rings. The van der Waals surface area contributed by atoms with Gasteiger partial charge in [0.15, 0.2) is 11.1 Å². The van der Waals surface area contributed by atoms with Gasteiger partial charge < -0.3 is 47.7 Å². The molecule has 1 fully saturated rings. The molecule has 7 rings (SSSR count). The van der Waals surface area contributed by atoms with Crippen molar-refractivity contribution in [3.05, 3.63) is 184 Å². The van der Waals surface area contributed by atoms with E-state index in [4.69, 9.17) is 60.7 Å². The third-order valence-electron chi connectivity index (χ3n) is 12.6. The van der Waals surface area contributed by atoms with Gasteiger partial charge in [-0.15, -0.1) is 0 Å². The molecule has 20 heteroatoms. The summed E-state index contributed by atoms with van der Waals surface area (Å²) in [6, 6.07) is 44.2. The molecule has 1 aromatic heterocycles. The number of methoxy groups -OCH3 is 2. The minimum atomic E-state index is -1.96. The van der Waals surface area contributed by atoms with Crippen LogP contribution in [0.15, 0.2) is 151 Å². The van der Waals surface area contributed by atoms with Gasteiger partial charge in [-0.3, -0.25) is 14.2 Å². The number of anilines is 2. The van der Waals surface area contributed by atoms with E-state index in [0.717, 1.165) is 22.3 Å². The molecule has 1 aliphatic heterocycles. The van der Waals surface area contributed by atoms with Gasteiger partial charge in [-0.1, -0.05) is 108 Å². The maximum absolute atomic E-state index is 14.4. The van der Waals surface area contributed by atoms with Crippen LogP contribution in [0.1, 0.15) is 73.0 Å². The number of carbonyl (C=O) groups is 2. The van der Waals surface area contributed by atoms with Crippen LogP contribution in [0.4, 0.5) is 11.5 Å². The summed E-state index contributed by atoms with van der Waals surface area (Å²) in [7, 11) is 2.82. The zero-order valence-electron chi connectivity index (χ0n) is 43.9. The van der Waals surface area contributed by atoms with Gasteiger partial charge in [0.25, 0.3) is 20.3 Å². The predicted molar refractivity (Wildman–Crippen MR) is 295 cm³/mol. The van der Waals surface area contributed by atoms with Crippen molar-refractivity contribution in [2.75, 3.05) is 51.5 Å². The van der Waals surface area contributed by atoms with Gasteiger partial charge in [-0.2, -0.15) is 10.2 Å². The number of amides is 2. The van der Waals surface area contributed by atoms with Crippen LogP contribution in [0, 0.1) is 11.3 Å². The Labute approximate surface area is 460 Å². The molecule has 1 unspecified atom stereocenters. The Bertz CT molecular complexity index is 2880. The van der Waals surface area contributed by atoms with Gasteiger partial charge >= 0.3 is 5.69 Å². The topological polar surface area (TPSA) is 185 Å². The van der Waals surface area contributed by atoms with Crippen molar-refractivity contribution in [1.29, 1.82) is 5.26 Å². The van der Waals surface area contributed by atoms with Crippen LogP contribution in [0.3, 0.4) is 0 Å². The molecule has 2 amide bonds. The van der Waals surface area contributed by atoms with Crippen LogP contribution in [0.5, 0.6) is 11.5 Å². The smallest absolute Gasteiger partial charge is 0.351 e. The van der Waals surface area contributed by atoms with Crippen LogP contribution in [-0.2, 0) is 45.0 Å². The Morgan fingerprint density at radius 1 is 0.818 bits per heavy atom. The molecule has 0 saturated carbocycles. The highest BCUT2D eigenvalue weighted by Gasteiger charge is 2.52. The number of aromatic nitrogens is 2. The van der Waals surface area contributed by atoms with E-state index >= 15 is 0 Å². The third-order valence-corrected chi connectivity index (χ3v) is 15.1. The second-order valence-corrected chi connectivity index (χ2v) is 20.8. The fourth-order valence-corrected chi connectivity index (χ4v) is 10.9. The lowest BCUT2D eigenvalue weighted by molar-refractivity contribution is -0.142. The van der Waals surface area contributed by atoms with Crippen LogP contribution >= 0.6 is 31.7 Å². The highest BCUT2D eigenvalue weighted by atomic mass is 35.5. The quantitative estimate of drug-likeness (QED) is 0.0178. The summed E-state index contributed by atoms with van der Waals surface area (Å²) >= 11 is 11.7. The number of ether oxygens (including phenoxy) is 6. The van der Waals surface area contributed by atoms with E-state index in [1.165, 1.54) is 21.7 Å². The molecular weight excluding hydrogens is 1050 g/mol. The van der Waals surface area contributed by atoms with Crippen molar-refractivity contribution in [3.8, 4) is 17.6 Å². The maximum atomic E-state index is 14.4. The van der Waals surface area contributed by atoms with E-state index in [1.807, 2.05) is 107 Å². The van der Waals surface area contributed by atoms with E-state index in [2.05, 4.69) is 21.0 Å². The summed E-state index contributed by atoms with van der Waals surface area (Å²) in [5.41, 5.74) is 1.96. The van der Waals surface area contributed by atoms with E-state index in [-0.39, 0.29) is 50.9 Å². The Balaban J connectivity index is 1.32. The summed E-state index contributed by atoms with van der Waals surface area (Å²) in [5, 5.41) is 12.4. The lowest BCUT2D eigenvalue weighted by Gasteiger charge is -2.39. The van der Waals surface area contributed by atoms with Gasteiger partial charge in [0, 0.05) is 36.6 Å². The van der Waals surface area contributed by atoms with Crippen molar-refractivity contribution < 1.29 is 47.1 Å². The van der Waals surface area contributed by atoms with Crippen LogP contribution in [0.25, 0.3) is 0 Å². The summed E-state index contributed by atoms with van der Waals surface area (Å²) < 4.78 is 55.6. The highest BCUT2D eigenvalue weighted by molar-refractivity contribution is 7.44. The molecule has 0 aliphatic carbocycles. The molecule has 77 heavy (non-hydrogen) atoms. The molecule has 1 saturated heterocycles. The van der Waals surface area contributed by atoms with Crippen molar-refractivity contribution >= 4 is 55.0 Å². The average Bonchev–Trinajstić information content (AvgIpc) is 3.81. The molecule has 2 heterocycles. The molecule has 0 radical (unpaired) electrons. The molecule has 17 nitrogen and oxygen atoms in total. The molecule has 0 spiro atoms. The van der Waals surface area contributed by atoms with Gasteiger partial charge in [-0.25, -0.2) is 9.46 Å². The minimum absolute atomic E-state index is 0.0174. The Hall–Kier alpha value is -6.26. The summed E-state index contributed by atoms with van der Waals surface area (Å²) in [6.45, 7) is 7.78. The number of nitriles is 1. The van der Waals surface area contributed by atoms with Crippen LogP contribution in [-0.4, -0.2) is 103 Å². The number of rotatable bonds is 26. The number of nitrogens with one attached hydrogen (secondary N) is 1. The number of halogens is 2. The SMILES string of the molecule is COc1ccc(C(OC[C@H]2O[C@@H](n3ccc(NC(=O)c4ccccc4)nc3=O)[C@H](OCOCc3ccc(N(C)C(=O)C(Cl)Cl)cc3)[C@@H]2OP(OCCC#N)N(C(C)C)C(C)C)(c2ccccc2)c2ccc(OC)cc2)cc1. The predicted octanol–water partition coefficient (Wildman–Crippen LogP) is 10.4. The number of carbonyl (C=O) groups excluding carboxylic acids is 2. The summed E-state index contributed by atoms with van der Waals surface area (Å²) in [4.78, 5) is 44.5. The fraction of sp³-hybridized carbons (Fsp3) is 0.351. The van der Waals surface area contributed by atoms with Crippen LogP contribution in [0.2, 0.25) is 0 Å². The van der Waals surface area contributed by atoms with Gasteiger partial charge in [-0.05, 0) is 105 Å². The van der Waals surface area contributed by atoms with E-state index in [9.17, 15) is 19.6 Å². The van der Waals surface area contributed by atoms with Crippen molar-refractivity contribution in [2.24, 2.45) is 0 Å². The van der Waals surface area contributed by atoms with Gasteiger partial charge in [0.05, 0.1) is 46.5 Å². The monoisotopic (exact) mass is 1110 g/mol. The van der Waals surface area contributed by atoms with E-state index in [0.29, 0.717) is 22.7 Å². The number of benzene rings is 5. The minimum Gasteiger partial charge on any atom is -0.497 e. The highest BCUT2D eigenvalue weighted by Crippen LogP contribution is 2.51.